The van der Waals surface area contributed by atoms with Crippen molar-refractivity contribution in [1.82, 2.24) is 0 Å². The largest absolute Gasteiger partial charge is 1.00 e. The third-order valence-electron chi connectivity index (χ3n) is 3.58. The fourth-order valence-electron chi connectivity index (χ4n) is 2.05. The minimum Gasteiger partial charge on any atom is -1.00 e. The van der Waals surface area contributed by atoms with E-state index in [0.29, 0.717) is 5.54 Å². The first-order chi connectivity index (χ1) is 5.06. The molecule has 0 aromatic rings. The van der Waals surface area contributed by atoms with Gasteiger partial charge in [-0.05, 0) is 25.7 Å². The molecule has 1 saturated carbocycles. The maximum atomic E-state index is 4.28. The normalized spacial score (nSPS) is 42.0. The molecule has 1 rings (SSSR count). The van der Waals surface area contributed by atoms with Gasteiger partial charge in [0.05, 0.1) is 5.54 Å². The van der Waals surface area contributed by atoms with Crippen LogP contribution in [0.1, 0.15) is 46.5 Å². The minimum absolute atomic E-state index is 0. The molecule has 3 N–H and O–H groups in total. The standard InChI is InChI=1S/C10H21N.BrH/c1-4-9-5-6-10(3,11)8(2)7-9;/h8-9H,4-7,11H2,1-3H3;1H. The van der Waals surface area contributed by atoms with Gasteiger partial charge in [0.1, 0.15) is 0 Å². The smallest absolute Gasteiger partial charge is 0.0943 e. The first kappa shape index (κ1) is 12.4. The van der Waals surface area contributed by atoms with Crippen LogP contribution in [0.2, 0.25) is 0 Å². The molecular weight excluding hydrogens is 214 g/mol. The summed E-state index contributed by atoms with van der Waals surface area (Å²) >= 11 is 0. The number of halogens is 1. The molecule has 1 nitrogen and oxygen atoms in total. The molecule has 1 fully saturated rings. The highest BCUT2D eigenvalue weighted by Gasteiger charge is 2.36. The molecule has 2 heteroatoms. The third kappa shape index (κ3) is 2.74. The van der Waals surface area contributed by atoms with Gasteiger partial charge in [-0.3, -0.25) is 0 Å². The number of quaternary nitrogens is 1. The predicted molar refractivity (Wildman–Crippen MR) is 48.1 cm³/mol. The number of hydrogen-bond acceptors (Lipinski definition) is 0. The summed E-state index contributed by atoms with van der Waals surface area (Å²) in [5.74, 6) is 1.81. The Morgan fingerprint density at radius 2 is 2.08 bits per heavy atom. The minimum atomic E-state index is 0. The molecule has 0 amide bonds. The zero-order valence-electron chi connectivity index (χ0n) is 8.57. The van der Waals surface area contributed by atoms with Gasteiger partial charge in [0.2, 0.25) is 0 Å². The monoisotopic (exact) mass is 235 g/mol. The van der Waals surface area contributed by atoms with E-state index in [1.54, 1.807) is 0 Å². The Morgan fingerprint density at radius 1 is 1.50 bits per heavy atom. The Hall–Kier alpha value is 0.440. The maximum absolute atomic E-state index is 4.28. The molecule has 0 saturated heterocycles. The van der Waals surface area contributed by atoms with Crippen LogP contribution in [-0.4, -0.2) is 5.54 Å². The lowest BCUT2D eigenvalue weighted by Gasteiger charge is -2.36. The highest BCUT2D eigenvalue weighted by atomic mass is 79.9. The summed E-state index contributed by atoms with van der Waals surface area (Å²) in [5, 5.41) is 0. The summed E-state index contributed by atoms with van der Waals surface area (Å²) in [7, 11) is 0. The Balaban J connectivity index is 0.00000121. The summed E-state index contributed by atoms with van der Waals surface area (Å²) in [6.07, 6.45) is 5.49. The van der Waals surface area contributed by atoms with Gasteiger partial charge in [-0.1, -0.05) is 20.3 Å². The van der Waals surface area contributed by atoms with Crippen LogP contribution >= 0.6 is 0 Å². The van der Waals surface area contributed by atoms with Crippen LogP contribution in [0.25, 0.3) is 0 Å². The summed E-state index contributed by atoms with van der Waals surface area (Å²) in [5.41, 5.74) is 4.65. The van der Waals surface area contributed by atoms with Gasteiger partial charge in [0, 0.05) is 12.3 Å². The van der Waals surface area contributed by atoms with E-state index in [-0.39, 0.29) is 17.0 Å². The zero-order valence-corrected chi connectivity index (χ0v) is 10.2. The van der Waals surface area contributed by atoms with E-state index >= 15 is 0 Å². The molecule has 3 atom stereocenters. The SMILES string of the molecule is CCC1CCC(C)([NH3+])C(C)C1.[Br-]. The highest BCUT2D eigenvalue weighted by Crippen LogP contribution is 2.34. The summed E-state index contributed by atoms with van der Waals surface area (Å²) < 4.78 is 0. The fourth-order valence-corrected chi connectivity index (χ4v) is 2.05. The third-order valence-corrected chi connectivity index (χ3v) is 3.58. The van der Waals surface area contributed by atoms with Crippen LogP contribution in [0, 0.1) is 11.8 Å². The van der Waals surface area contributed by atoms with E-state index in [1.807, 2.05) is 0 Å². The molecular formula is C10H22BrN. The predicted octanol–water partition coefficient (Wildman–Crippen LogP) is -1.16. The van der Waals surface area contributed by atoms with Gasteiger partial charge in [-0.2, -0.15) is 0 Å². The van der Waals surface area contributed by atoms with Crippen molar-refractivity contribution in [2.45, 2.75) is 52.0 Å². The van der Waals surface area contributed by atoms with Crippen LogP contribution in [0.5, 0.6) is 0 Å². The second kappa shape index (κ2) is 4.61. The molecule has 0 aromatic heterocycles. The molecule has 0 bridgehead atoms. The maximum Gasteiger partial charge on any atom is 0.0943 e. The molecule has 0 spiro atoms. The molecule has 0 aliphatic heterocycles. The molecule has 0 aromatic carbocycles. The van der Waals surface area contributed by atoms with E-state index in [2.05, 4.69) is 26.5 Å². The Morgan fingerprint density at radius 3 is 2.50 bits per heavy atom. The first-order valence-electron chi connectivity index (χ1n) is 4.91. The van der Waals surface area contributed by atoms with Crippen molar-refractivity contribution in [3.05, 3.63) is 0 Å². The molecule has 3 unspecified atom stereocenters. The van der Waals surface area contributed by atoms with E-state index in [0.717, 1.165) is 11.8 Å². The molecule has 12 heavy (non-hydrogen) atoms. The summed E-state index contributed by atoms with van der Waals surface area (Å²) in [6, 6.07) is 0. The molecule has 74 valence electrons. The molecule has 0 heterocycles. The van der Waals surface area contributed by atoms with Gasteiger partial charge in [0.25, 0.3) is 0 Å². The second-order valence-corrected chi connectivity index (χ2v) is 4.60. The lowest BCUT2D eigenvalue weighted by Crippen LogP contribution is -3.00. The van der Waals surface area contributed by atoms with Gasteiger partial charge in [0.15, 0.2) is 0 Å². The number of rotatable bonds is 1. The zero-order chi connectivity index (χ0) is 8.48. The summed E-state index contributed by atoms with van der Waals surface area (Å²) in [6.45, 7) is 6.97. The van der Waals surface area contributed by atoms with Crippen molar-refractivity contribution in [1.29, 1.82) is 0 Å². The van der Waals surface area contributed by atoms with E-state index in [9.17, 15) is 0 Å². The molecule has 1 aliphatic rings. The highest BCUT2D eigenvalue weighted by molar-refractivity contribution is 4.85. The summed E-state index contributed by atoms with van der Waals surface area (Å²) in [4.78, 5) is 0. The Bertz CT molecular complexity index is 134. The van der Waals surface area contributed by atoms with Crippen LogP contribution in [0.4, 0.5) is 0 Å². The second-order valence-electron chi connectivity index (χ2n) is 4.60. The van der Waals surface area contributed by atoms with E-state index in [4.69, 9.17) is 0 Å². The van der Waals surface area contributed by atoms with Crippen LogP contribution < -0.4 is 22.7 Å². The van der Waals surface area contributed by atoms with Gasteiger partial charge < -0.3 is 22.7 Å². The van der Waals surface area contributed by atoms with Crippen molar-refractivity contribution >= 4 is 0 Å². The molecule has 1 aliphatic carbocycles. The van der Waals surface area contributed by atoms with Crippen LogP contribution in [0.3, 0.4) is 0 Å². The van der Waals surface area contributed by atoms with Crippen molar-refractivity contribution < 1.29 is 22.7 Å². The quantitative estimate of drug-likeness (QED) is 0.594. The van der Waals surface area contributed by atoms with Gasteiger partial charge >= 0.3 is 0 Å². The Kier molecular flexibility index (Phi) is 4.78. The van der Waals surface area contributed by atoms with Crippen molar-refractivity contribution in [2.75, 3.05) is 0 Å². The van der Waals surface area contributed by atoms with E-state index in [1.165, 1.54) is 25.7 Å². The topological polar surface area (TPSA) is 27.6 Å². The van der Waals surface area contributed by atoms with E-state index < -0.39 is 0 Å². The average molecular weight is 236 g/mol. The van der Waals surface area contributed by atoms with Crippen LogP contribution in [-0.2, 0) is 0 Å². The van der Waals surface area contributed by atoms with Crippen LogP contribution in [0.15, 0.2) is 0 Å². The fraction of sp³-hybridized carbons (Fsp3) is 1.00. The first-order valence-corrected chi connectivity index (χ1v) is 4.91. The van der Waals surface area contributed by atoms with Gasteiger partial charge in [-0.25, -0.2) is 0 Å². The van der Waals surface area contributed by atoms with Crippen molar-refractivity contribution in [3.8, 4) is 0 Å². The average Bonchev–Trinajstić information content (AvgIpc) is 1.95. The number of hydrogen-bond donors (Lipinski definition) is 1. The Labute approximate surface area is 86.9 Å². The molecule has 0 radical (unpaired) electrons. The van der Waals surface area contributed by atoms with Gasteiger partial charge in [-0.15, -0.1) is 0 Å². The van der Waals surface area contributed by atoms with Crippen molar-refractivity contribution in [2.24, 2.45) is 11.8 Å². The lowest BCUT2D eigenvalue weighted by atomic mass is 9.70. The van der Waals surface area contributed by atoms with Crippen molar-refractivity contribution in [3.63, 3.8) is 0 Å². The lowest BCUT2D eigenvalue weighted by molar-refractivity contribution is -0.492.